The lowest BCUT2D eigenvalue weighted by Gasteiger charge is -2.18. The fourth-order valence-corrected chi connectivity index (χ4v) is 3.50. The number of nitrogens with zero attached hydrogens (tertiary/aromatic N) is 2. The van der Waals surface area contributed by atoms with Crippen molar-refractivity contribution in [3.8, 4) is 11.3 Å². The predicted octanol–water partition coefficient (Wildman–Crippen LogP) is 3.97. The van der Waals surface area contributed by atoms with Crippen molar-refractivity contribution >= 4 is 23.6 Å². The molecule has 1 aromatic carbocycles. The predicted molar refractivity (Wildman–Crippen MR) is 128 cm³/mol. The van der Waals surface area contributed by atoms with Crippen LogP contribution in [0.25, 0.3) is 11.3 Å². The molecule has 2 aromatic rings. The number of ketones is 1. The highest BCUT2D eigenvalue weighted by Gasteiger charge is 2.42. The molecule has 9 nitrogen and oxygen atoms in total. The summed E-state index contributed by atoms with van der Waals surface area (Å²) in [5.74, 6) is -3.55. The molecule has 0 saturated carbocycles. The van der Waals surface area contributed by atoms with Gasteiger partial charge in [-0.2, -0.15) is 13.2 Å². The number of benzene rings is 1. The van der Waals surface area contributed by atoms with Gasteiger partial charge in [0, 0.05) is 18.4 Å². The Morgan fingerprint density at radius 1 is 1.14 bits per heavy atom. The number of likely N-dealkylation sites (N-methyl/N-ethyl adjacent to an activating group) is 1. The van der Waals surface area contributed by atoms with Gasteiger partial charge in [0.2, 0.25) is 5.91 Å². The Labute approximate surface area is 212 Å². The highest BCUT2D eigenvalue weighted by atomic mass is 19.4. The molecule has 0 aliphatic rings. The van der Waals surface area contributed by atoms with Gasteiger partial charge in [-0.1, -0.05) is 31.9 Å². The topological polar surface area (TPSA) is 121 Å². The second-order valence-electron chi connectivity index (χ2n) is 8.79. The van der Waals surface area contributed by atoms with Gasteiger partial charge in [0.1, 0.15) is 11.6 Å². The van der Waals surface area contributed by atoms with Crippen molar-refractivity contribution in [3.05, 3.63) is 41.9 Å². The van der Waals surface area contributed by atoms with Crippen LogP contribution in [0.4, 0.5) is 13.2 Å². The molecule has 12 heteroatoms. The van der Waals surface area contributed by atoms with Crippen LogP contribution < -0.4 is 5.32 Å². The Morgan fingerprint density at radius 3 is 2.51 bits per heavy atom. The second-order valence-corrected chi connectivity index (χ2v) is 8.79. The molecule has 37 heavy (non-hydrogen) atoms. The van der Waals surface area contributed by atoms with Gasteiger partial charge in [-0.25, -0.2) is 14.6 Å². The number of esters is 2. The Balaban J connectivity index is 2.15. The maximum absolute atomic E-state index is 12.4. The van der Waals surface area contributed by atoms with E-state index in [-0.39, 0.29) is 23.8 Å². The minimum atomic E-state index is -5.29. The lowest BCUT2D eigenvalue weighted by Crippen LogP contribution is -2.36. The minimum Gasteiger partial charge on any atom is -0.383 e. The molecule has 1 amide bonds. The quantitative estimate of drug-likeness (QED) is 0.231. The van der Waals surface area contributed by atoms with E-state index in [2.05, 4.69) is 20.0 Å². The molecule has 0 radical (unpaired) electrons. The van der Waals surface area contributed by atoms with Crippen LogP contribution in [0.5, 0.6) is 0 Å². The van der Waals surface area contributed by atoms with E-state index in [4.69, 9.17) is 0 Å². The van der Waals surface area contributed by atoms with E-state index in [0.717, 1.165) is 19.3 Å². The number of Topliss-reactive ketones (excluding diaryl/α,β-unsaturated/α-hetero) is 1. The second kappa shape index (κ2) is 13.7. The van der Waals surface area contributed by atoms with Gasteiger partial charge < -0.3 is 19.9 Å². The van der Waals surface area contributed by atoms with Gasteiger partial charge in [-0.3, -0.25) is 9.59 Å². The number of rotatable bonds is 13. The summed E-state index contributed by atoms with van der Waals surface area (Å²) in [4.78, 5) is 56.1. The summed E-state index contributed by atoms with van der Waals surface area (Å²) < 4.78 is 41.1. The van der Waals surface area contributed by atoms with Crippen LogP contribution in [0.1, 0.15) is 67.7 Å². The van der Waals surface area contributed by atoms with Crippen LogP contribution in [0.3, 0.4) is 0 Å². The summed E-state index contributed by atoms with van der Waals surface area (Å²) in [5, 5.41) is 2.95. The first-order valence-corrected chi connectivity index (χ1v) is 11.8. The lowest BCUT2D eigenvalue weighted by atomic mass is 10.0. The number of aromatic amines is 1. The van der Waals surface area contributed by atoms with Gasteiger partial charge in [-0.15, -0.1) is 0 Å². The molecule has 202 valence electrons. The number of unbranched alkanes of at least 4 members (excludes halogenated alkanes) is 2. The first-order chi connectivity index (χ1) is 17.4. The number of imidazole rings is 1. The van der Waals surface area contributed by atoms with Crippen molar-refractivity contribution in [2.45, 2.75) is 57.7 Å². The zero-order valence-electron chi connectivity index (χ0n) is 21.0. The molecule has 1 aromatic heterocycles. The molecule has 1 heterocycles. The third kappa shape index (κ3) is 9.79. The van der Waals surface area contributed by atoms with E-state index >= 15 is 0 Å². The van der Waals surface area contributed by atoms with Gasteiger partial charge >= 0.3 is 18.1 Å². The van der Waals surface area contributed by atoms with E-state index in [1.807, 2.05) is 6.92 Å². The highest BCUT2D eigenvalue weighted by Crippen LogP contribution is 2.24. The van der Waals surface area contributed by atoms with Crippen molar-refractivity contribution in [2.24, 2.45) is 0 Å². The molecule has 0 aliphatic carbocycles. The fourth-order valence-electron chi connectivity index (χ4n) is 3.50. The number of ether oxygens (including phenoxy) is 1. The van der Waals surface area contributed by atoms with Crippen LogP contribution in [-0.4, -0.2) is 65.3 Å². The Hall–Kier alpha value is -3.54. The lowest BCUT2D eigenvalue weighted by molar-refractivity contribution is -0.193. The summed E-state index contributed by atoms with van der Waals surface area (Å²) in [5.41, 5.74) is 0.625. The van der Waals surface area contributed by atoms with Crippen LogP contribution in [0.2, 0.25) is 0 Å². The molecule has 1 atom stereocenters. The fraction of sp³-hybridized carbons (Fsp3) is 0.480. The number of alkyl halides is 3. The third-order valence-corrected chi connectivity index (χ3v) is 5.39. The Kier molecular flexibility index (Phi) is 11.0. The van der Waals surface area contributed by atoms with Crippen LogP contribution >= 0.6 is 0 Å². The molecule has 0 aliphatic heterocycles. The number of carbonyl (C=O) groups is 4. The van der Waals surface area contributed by atoms with Crippen LogP contribution in [0, 0.1) is 0 Å². The van der Waals surface area contributed by atoms with Gasteiger partial charge in [-0.05, 0) is 39.1 Å². The first kappa shape index (κ1) is 29.7. The molecule has 0 fully saturated rings. The monoisotopic (exact) mass is 524 g/mol. The first-order valence-electron chi connectivity index (χ1n) is 11.8. The number of hydrogen-bond acceptors (Lipinski definition) is 7. The molecular weight excluding hydrogens is 493 g/mol. The van der Waals surface area contributed by atoms with E-state index < -0.39 is 24.2 Å². The van der Waals surface area contributed by atoms with Gasteiger partial charge in [0.05, 0.1) is 30.0 Å². The highest BCUT2D eigenvalue weighted by molar-refractivity contribution is 5.98. The number of nitrogens with one attached hydrogen (secondary N) is 2. The molecule has 0 unspecified atom stereocenters. The summed E-state index contributed by atoms with van der Waals surface area (Å²) in [7, 11) is 3.54. The number of H-pyrrole nitrogens is 1. The van der Waals surface area contributed by atoms with Crippen LogP contribution in [0.15, 0.2) is 30.5 Å². The van der Waals surface area contributed by atoms with Gasteiger partial charge in [0.15, 0.2) is 0 Å². The maximum Gasteiger partial charge on any atom is 0.491 e. The molecule has 0 spiro atoms. The van der Waals surface area contributed by atoms with Crippen molar-refractivity contribution in [3.63, 3.8) is 0 Å². The zero-order chi connectivity index (χ0) is 27.6. The largest absolute Gasteiger partial charge is 0.491 e. The molecule has 0 bridgehead atoms. The molecule has 2 N–H and O–H groups in total. The van der Waals surface area contributed by atoms with E-state index in [1.54, 1.807) is 25.1 Å². The van der Waals surface area contributed by atoms with E-state index in [1.165, 1.54) is 24.4 Å². The SMILES string of the molecule is CCC(=O)CCCCC[C@H](NC(=O)CN(C)C)c1ncc(-c2cccc(C(=O)OC(=O)C(F)(F)F)c2)[nH]1. The molecular formula is C25H31F3N4O5. The maximum atomic E-state index is 12.4. The third-order valence-electron chi connectivity index (χ3n) is 5.39. The number of carbonyl (C=O) groups excluding carboxylic acids is 4. The average molecular weight is 525 g/mol. The molecule has 2 rings (SSSR count). The van der Waals surface area contributed by atoms with Crippen molar-refractivity contribution < 1.29 is 37.1 Å². The number of amides is 1. The average Bonchev–Trinajstić information content (AvgIpc) is 3.32. The molecule has 0 saturated heterocycles. The van der Waals surface area contributed by atoms with Crippen LogP contribution in [-0.2, 0) is 19.1 Å². The van der Waals surface area contributed by atoms with Crippen molar-refractivity contribution in [1.29, 1.82) is 0 Å². The zero-order valence-corrected chi connectivity index (χ0v) is 21.0. The van der Waals surface area contributed by atoms with Crippen molar-refractivity contribution in [1.82, 2.24) is 20.2 Å². The van der Waals surface area contributed by atoms with Gasteiger partial charge in [0.25, 0.3) is 0 Å². The number of halogens is 3. The number of aromatic nitrogens is 2. The minimum absolute atomic E-state index is 0.176. The van der Waals surface area contributed by atoms with E-state index in [0.29, 0.717) is 36.3 Å². The van der Waals surface area contributed by atoms with E-state index in [9.17, 15) is 32.3 Å². The van der Waals surface area contributed by atoms with Crippen molar-refractivity contribution in [2.75, 3.05) is 20.6 Å². The summed E-state index contributed by atoms with van der Waals surface area (Å²) >= 11 is 0. The summed E-state index contributed by atoms with van der Waals surface area (Å²) in [6, 6.07) is 5.08. The summed E-state index contributed by atoms with van der Waals surface area (Å²) in [6.07, 6.45) is 0.0955. The summed E-state index contributed by atoms with van der Waals surface area (Å²) in [6.45, 7) is 2.00. The standard InChI is InChI=1S/C25H31F3N4O5/c1-4-18(33)11-6-5-7-12-19(30-21(34)15-32(2)3)22-29-14-20(31-22)16-9-8-10-17(13-16)23(35)37-24(36)25(26,27)28/h8-10,13-14,19H,4-7,11-12,15H2,1-3H3,(H,29,31)(H,30,34)/t19-/m0/s1. The number of hydrogen-bond donors (Lipinski definition) is 2. The smallest absolute Gasteiger partial charge is 0.383 e. The normalized spacial score (nSPS) is 12.3. The Morgan fingerprint density at radius 2 is 1.86 bits per heavy atom. The Bertz CT molecular complexity index is 1100.